The van der Waals surface area contributed by atoms with Gasteiger partial charge in [0, 0.05) is 0 Å². The van der Waals surface area contributed by atoms with E-state index in [1.165, 1.54) is 0 Å². The van der Waals surface area contributed by atoms with Crippen LogP contribution in [0.15, 0.2) is 51.5 Å². The molecule has 0 bridgehead atoms. The van der Waals surface area contributed by atoms with E-state index in [2.05, 4.69) is 20.1 Å². The van der Waals surface area contributed by atoms with Gasteiger partial charge in [-0.25, -0.2) is 9.79 Å². The first kappa shape index (κ1) is 20.8. The molecular weight excluding hydrogens is 428 g/mol. The summed E-state index contributed by atoms with van der Waals surface area (Å²) in [5.74, 6) is -0.708. The number of carbonyl (C=O) groups excluding carboxylic acids is 1. The van der Waals surface area contributed by atoms with Crippen molar-refractivity contribution in [3.05, 3.63) is 52.7 Å². The molecule has 2 aromatic rings. The van der Waals surface area contributed by atoms with Gasteiger partial charge in [-0.2, -0.15) is 4.99 Å². The number of amides is 1. The number of carboxylic acids is 1. The average Bonchev–Trinajstić information content (AvgIpc) is 3.41. The van der Waals surface area contributed by atoms with Crippen LogP contribution in [0.2, 0.25) is 0 Å². The van der Waals surface area contributed by atoms with Crippen molar-refractivity contribution in [2.75, 3.05) is 13.2 Å². The number of carbonyl (C=O) groups is 2. The number of hydrogen-bond acceptors (Lipinski definition) is 7. The normalized spacial score (nSPS) is 21.8. The summed E-state index contributed by atoms with van der Waals surface area (Å²) >= 11 is 0. The summed E-state index contributed by atoms with van der Waals surface area (Å²) in [7, 11) is 0. The number of H-pyrrole nitrogens is 1. The molecule has 0 spiro atoms. The molecule has 2 N–H and O–H groups in total. The number of aliphatic carboxylic acids is 1. The molecule has 3 aliphatic heterocycles. The first-order chi connectivity index (χ1) is 15.9. The lowest BCUT2D eigenvalue weighted by Crippen LogP contribution is -2.54. The minimum atomic E-state index is -1.12. The highest BCUT2D eigenvalue weighted by Crippen LogP contribution is 2.33. The second kappa shape index (κ2) is 7.82. The van der Waals surface area contributed by atoms with Crippen molar-refractivity contribution in [3.63, 3.8) is 0 Å². The third-order valence-corrected chi connectivity index (χ3v) is 5.77. The van der Waals surface area contributed by atoms with Crippen molar-refractivity contribution in [2.45, 2.75) is 20.0 Å². The van der Waals surface area contributed by atoms with Crippen LogP contribution in [-0.2, 0) is 19.1 Å². The molecule has 5 rings (SSSR count). The number of rotatable bonds is 4. The van der Waals surface area contributed by atoms with E-state index in [0.29, 0.717) is 27.8 Å². The summed E-state index contributed by atoms with van der Waals surface area (Å²) < 4.78 is 10.5. The Labute approximate surface area is 187 Å². The molecule has 0 aliphatic carbocycles. The van der Waals surface area contributed by atoms with E-state index >= 15 is 0 Å². The molecule has 1 saturated heterocycles. The number of benzene rings is 1. The topological polar surface area (TPSA) is 135 Å². The van der Waals surface area contributed by atoms with Gasteiger partial charge in [-0.15, -0.1) is 0 Å². The van der Waals surface area contributed by atoms with Crippen molar-refractivity contribution in [2.24, 2.45) is 20.6 Å². The lowest BCUT2D eigenvalue weighted by atomic mass is 9.81. The van der Waals surface area contributed by atoms with Crippen LogP contribution >= 0.6 is 0 Å². The van der Waals surface area contributed by atoms with Crippen molar-refractivity contribution in [1.82, 2.24) is 4.98 Å². The monoisotopic (exact) mass is 448 g/mol. The van der Waals surface area contributed by atoms with Crippen molar-refractivity contribution >= 4 is 46.7 Å². The molecule has 1 atom stereocenters. The summed E-state index contributed by atoms with van der Waals surface area (Å²) in [6.07, 6.45) is 0.448. The smallest absolute Gasteiger partial charge is 0.434 e. The van der Waals surface area contributed by atoms with E-state index in [-0.39, 0.29) is 24.7 Å². The minimum Gasteiger partial charge on any atom is -0.480 e. The summed E-state index contributed by atoms with van der Waals surface area (Å²) in [5, 5.41) is 14.7. The fourth-order valence-corrected chi connectivity index (χ4v) is 3.75. The molecule has 10 heteroatoms. The Morgan fingerprint density at radius 2 is 2.03 bits per heavy atom. The summed E-state index contributed by atoms with van der Waals surface area (Å²) in [5.41, 5.74) is 1.40. The molecule has 1 aromatic heterocycles. The van der Waals surface area contributed by atoms with Gasteiger partial charge in [0.25, 0.3) is 0 Å². The molecule has 1 amide bonds. The predicted octanol–water partition coefficient (Wildman–Crippen LogP) is 1.84. The van der Waals surface area contributed by atoms with E-state index < -0.39 is 23.6 Å². The van der Waals surface area contributed by atoms with E-state index in [1.54, 1.807) is 26.0 Å². The van der Waals surface area contributed by atoms with E-state index in [0.717, 1.165) is 5.56 Å². The van der Waals surface area contributed by atoms with Crippen molar-refractivity contribution < 1.29 is 29.0 Å². The maximum absolute atomic E-state index is 12.5. The third-order valence-electron chi connectivity index (χ3n) is 5.77. The highest BCUT2D eigenvalue weighted by atomic mass is 16.6. The zero-order chi connectivity index (χ0) is 23.2. The lowest BCUT2D eigenvalue weighted by molar-refractivity contribution is -0.165. The Balaban J connectivity index is 1.42. The fourth-order valence-electron chi connectivity index (χ4n) is 3.75. The van der Waals surface area contributed by atoms with Crippen LogP contribution in [0.3, 0.4) is 0 Å². The van der Waals surface area contributed by atoms with Gasteiger partial charge < -0.3 is 24.4 Å². The van der Waals surface area contributed by atoms with Gasteiger partial charge in [-0.3, -0.25) is 4.79 Å². The highest BCUT2D eigenvalue weighted by Gasteiger charge is 2.51. The molecule has 1 aromatic carbocycles. The quantitative estimate of drug-likeness (QED) is 0.733. The number of fused-ring (bicyclic) bond motifs is 1. The van der Waals surface area contributed by atoms with Gasteiger partial charge in [-0.05, 0) is 31.6 Å². The number of hydrogen-bond donors (Lipinski definition) is 2. The van der Waals surface area contributed by atoms with Crippen LogP contribution in [0, 0.1) is 5.41 Å². The number of carboxylic acid groups (broad SMARTS) is 1. The number of oxime groups is 1. The highest BCUT2D eigenvalue weighted by molar-refractivity contribution is 6.56. The summed E-state index contributed by atoms with van der Waals surface area (Å²) in [6.45, 7) is 3.61. The van der Waals surface area contributed by atoms with E-state index in [4.69, 9.17) is 14.3 Å². The number of nitrogens with zero attached hydrogens (tertiary/aromatic N) is 3. The zero-order valence-corrected chi connectivity index (χ0v) is 17.9. The molecule has 10 nitrogen and oxygen atoms in total. The van der Waals surface area contributed by atoms with Crippen LogP contribution in [0.25, 0.3) is 11.8 Å². The molecule has 4 heterocycles. The molecule has 1 unspecified atom stereocenters. The predicted molar refractivity (Wildman–Crippen MR) is 119 cm³/mol. The fraction of sp³-hybridized carbons (Fsp3) is 0.261. The second-order valence-corrected chi connectivity index (χ2v) is 8.00. The van der Waals surface area contributed by atoms with Gasteiger partial charge in [-0.1, -0.05) is 35.5 Å². The molecule has 0 radical (unpaired) electrons. The van der Waals surface area contributed by atoms with Crippen molar-refractivity contribution in [1.29, 1.82) is 0 Å². The second-order valence-electron chi connectivity index (χ2n) is 8.00. The Morgan fingerprint density at radius 3 is 2.67 bits per heavy atom. The Bertz CT molecular complexity index is 1370. The first-order valence-electron chi connectivity index (χ1n) is 10.3. The third kappa shape index (κ3) is 3.54. The van der Waals surface area contributed by atoms with Crippen LogP contribution < -0.4 is 10.7 Å². The maximum Gasteiger partial charge on any atom is 0.434 e. The standard InChI is InChI=1S/C23H20N4O6/c1-12-19(26-22(30)32-13(2)14-6-4-3-5-7-14)20(33-27-12)17-8-15-16(24-17)9-18(25-15)23(21(28)29)10-31-11-23/h3-9,13,24H,10-11H2,1-2H3,(H,28,29). The van der Waals surface area contributed by atoms with Crippen LogP contribution in [0.5, 0.6) is 0 Å². The van der Waals surface area contributed by atoms with Crippen molar-refractivity contribution in [3.8, 4) is 0 Å². The Hall–Kier alpha value is -4.05. The Kier molecular flexibility index (Phi) is 4.94. The SMILES string of the molecule is CC1=NOC(=c2cc3c([nH]2)=CC(C2(C(=O)O)COC2)=N3)C1=NC(=O)OC(C)c1ccccc1. The zero-order valence-electron chi connectivity index (χ0n) is 17.9. The number of aliphatic imine (C=N–C) groups is 2. The number of aromatic amines is 1. The average molecular weight is 448 g/mol. The largest absolute Gasteiger partial charge is 0.480 e. The minimum absolute atomic E-state index is 0.0860. The molecule has 168 valence electrons. The molecule has 1 fully saturated rings. The number of aromatic nitrogens is 1. The van der Waals surface area contributed by atoms with Crippen LogP contribution in [0.1, 0.15) is 25.5 Å². The van der Waals surface area contributed by atoms with Gasteiger partial charge >= 0.3 is 12.1 Å². The Morgan fingerprint density at radius 1 is 1.27 bits per heavy atom. The number of ether oxygens (including phenoxy) is 2. The maximum atomic E-state index is 12.5. The van der Waals surface area contributed by atoms with Gasteiger partial charge in [0.05, 0.1) is 35.3 Å². The number of nitrogens with one attached hydrogen (secondary N) is 1. The molecular formula is C23H20N4O6. The van der Waals surface area contributed by atoms with Crippen LogP contribution in [-0.4, -0.2) is 52.5 Å². The van der Waals surface area contributed by atoms with Gasteiger partial charge in [0.1, 0.15) is 17.5 Å². The van der Waals surface area contributed by atoms with Gasteiger partial charge in [0.15, 0.2) is 5.41 Å². The lowest BCUT2D eigenvalue weighted by Gasteiger charge is -2.36. The summed E-state index contributed by atoms with van der Waals surface area (Å²) in [4.78, 5) is 41.3. The van der Waals surface area contributed by atoms with E-state index in [1.807, 2.05) is 30.3 Å². The molecule has 3 aliphatic rings. The summed E-state index contributed by atoms with van der Waals surface area (Å²) in [6, 6.07) is 11.0. The van der Waals surface area contributed by atoms with E-state index in [9.17, 15) is 14.7 Å². The van der Waals surface area contributed by atoms with Gasteiger partial charge in [0.2, 0.25) is 5.76 Å². The first-order valence-corrected chi connectivity index (χ1v) is 10.3. The molecule has 33 heavy (non-hydrogen) atoms. The molecule has 0 saturated carbocycles. The van der Waals surface area contributed by atoms with Crippen LogP contribution in [0.4, 0.5) is 10.5 Å².